The van der Waals surface area contributed by atoms with Gasteiger partial charge >= 0.3 is 0 Å². The zero-order chi connectivity index (χ0) is 22.7. The zero-order valence-electron chi connectivity index (χ0n) is 17.8. The number of amides is 1. The Kier molecular flexibility index (Phi) is 6.05. The maximum Gasteiger partial charge on any atom is 0.262 e. The summed E-state index contributed by atoms with van der Waals surface area (Å²) in [6, 6.07) is 19.1. The molecule has 0 aromatic heterocycles. The van der Waals surface area contributed by atoms with E-state index in [0.717, 1.165) is 5.56 Å². The maximum absolute atomic E-state index is 13.0. The molecule has 0 radical (unpaired) electrons. The summed E-state index contributed by atoms with van der Waals surface area (Å²) in [7, 11) is -3.87. The normalized spacial score (nSPS) is 15.1. The van der Waals surface area contributed by atoms with E-state index in [1.165, 1.54) is 6.07 Å². The minimum atomic E-state index is -3.87. The second-order valence-electron chi connectivity index (χ2n) is 7.61. The third-order valence-electron chi connectivity index (χ3n) is 5.19. The maximum atomic E-state index is 13.0. The molecule has 0 aliphatic carbocycles. The molecule has 1 atom stereocenters. The highest BCUT2D eigenvalue weighted by molar-refractivity contribution is 7.92. The molecule has 8 heteroatoms. The number of anilines is 1. The molecule has 0 fully saturated rings. The lowest BCUT2D eigenvalue weighted by Crippen LogP contribution is -2.40. The van der Waals surface area contributed by atoms with Gasteiger partial charge in [0, 0.05) is 5.56 Å². The van der Waals surface area contributed by atoms with Crippen molar-refractivity contribution in [2.75, 3.05) is 17.9 Å². The van der Waals surface area contributed by atoms with Crippen molar-refractivity contribution < 1.29 is 22.7 Å². The highest BCUT2D eigenvalue weighted by atomic mass is 32.2. The van der Waals surface area contributed by atoms with E-state index in [4.69, 9.17) is 9.47 Å². The third-order valence-corrected chi connectivity index (χ3v) is 6.69. The van der Waals surface area contributed by atoms with Crippen LogP contribution < -0.4 is 19.5 Å². The number of ether oxygens (including phenoxy) is 2. The van der Waals surface area contributed by atoms with E-state index in [9.17, 15) is 13.2 Å². The molecule has 3 aromatic carbocycles. The second-order valence-corrected chi connectivity index (χ2v) is 9.26. The van der Waals surface area contributed by atoms with Crippen LogP contribution in [0.3, 0.4) is 0 Å². The van der Waals surface area contributed by atoms with E-state index in [1.54, 1.807) is 31.2 Å². The van der Waals surface area contributed by atoms with Gasteiger partial charge in [-0.1, -0.05) is 36.4 Å². The molecular formula is C24H24N2O5S. The average Bonchev–Trinajstić information content (AvgIpc) is 2.79. The summed E-state index contributed by atoms with van der Waals surface area (Å²) >= 11 is 0. The molecule has 4 rings (SSSR count). The van der Waals surface area contributed by atoms with Gasteiger partial charge in [0.15, 0.2) is 11.5 Å². The fourth-order valence-corrected chi connectivity index (χ4v) is 4.79. The number of fused-ring (bicyclic) bond motifs is 1. The predicted octanol–water partition coefficient (Wildman–Crippen LogP) is 3.67. The first-order valence-electron chi connectivity index (χ1n) is 10.2. The molecule has 7 nitrogen and oxygen atoms in total. The summed E-state index contributed by atoms with van der Waals surface area (Å²) in [6.45, 7) is 4.05. The molecule has 32 heavy (non-hydrogen) atoms. The van der Waals surface area contributed by atoms with Gasteiger partial charge in [-0.05, 0) is 55.3 Å². The van der Waals surface area contributed by atoms with Crippen molar-refractivity contribution in [3.8, 4) is 11.5 Å². The number of para-hydroxylation sites is 3. The molecule has 3 aromatic rings. The summed E-state index contributed by atoms with van der Waals surface area (Å²) < 4.78 is 40.1. The number of carbonyl (C=O) groups is 1. The Morgan fingerprint density at radius 3 is 2.47 bits per heavy atom. The monoisotopic (exact) mass is 452 g/mol. The number of aryl methyl sites for hydroxylation is 2. The van der Waals surface area contributed by atoms with Crippen LogP contribution in [0.1, 0.15) is 21.5 Å². The lowest BCUT2D eigenvalue weighted by Gasteiger charge is -2.26. The molecular weight excluding hydrogens is 428 g/mol. The first-order chi connectivity index (χ1) is 15.3. The fourth-order valence-electron chi connectivity index (χ4n) is 3.39. The smallest absolute Gasteiger partial charge is 0.262 e. The molecule has 0 bridgehead atoms. The van der Waals surface area contributed by atoms with Crippen molar-refractivity contribution in [2.45, 2.75) is 24.8 Å². The van der Waals surface area contributed by atoms with Crippen molar-refractivity contribution in [1.82, 2.24) is 5.32 Å². The van der Waals surface area contributed by atoms with Crippen LogP contribution >= 0.6 is 0 Å². The SMILES string of the molecule is Cc1ccccc1NS(=O)(=O)c1cc(C(=O)NC[C@@H]2COc3ccccc3O2)ccc1C. The quantitative estimate of drug-likeness (QED) is 0.595. The Balaban J connectivity index is 1.46. The van der Waals surface area contributed by atoms with Gasteiger partial charge in [-0.15, -0.1) is 0 Å². The number of hydrogen-bond donors (Lipinski definition) is 2. The molecule has 166 valence electrons. The Morgan fingerprint density at radius 1 is 0.969 bits per heavy atom. The predicted molar refractivity (Wildman–Crippen MR) is 122 cm³/mol. The Hall–Kier alpha value is -3.52. The van der Waals surface area contributed by atoms with E-state index >= 15 is 0 Å². The van der Waals surface area contributed by atoms with Crippen LogP contribution in [0.4, 0.5) is 5.69 Å². The highest BCUT2D eigenvalue weighted by Crippen LogP contribution is 2.30. The summed E-state index contributed by atoms with van der Waals surface area (Å²) in [5, 5.41) is 2.80. The number of rotatable bonds is 6. The van der Waals surface area contributed by atoms with Gasteiger partial charge in [-0.25, -0.2) is 8.42 Å². The number of benzene rings is 3. The molecule has 0 saturated heterocycles. The summed E-state index contributed by atoms with van der Waals surface area (Å²) in [5.41, 5.74) is 2.09. The minimum Gasteiger partial charge on any atom is -0.486 e. The van der Waals surface area contributed by atoms with E-state index in [0.29, 0.717) is 29.4 Å². The van der Waals surface area contributed by atoms with Gasteiger partial charge in [0.1, 0.15) is 12.7 Å². The summed E-state index contributed by atoms with van der Waals surface area (Å²) in [5.74, 6) is 0.911. The van der Waals surface area contributed by atoms with Crippen molar-refractivity contribution in [2.24, 2.45) is 0 Å². The molecule has 0 saturated carbocycles. The van der Waals surface area contributed by atoms with Crippen molar-refractivity contribution in [3.05, 3.63) is 83.4 Å². The van der Waals surface area contributed by atoms with Gasteiger partial charge in [0.05, 0.1) is 17.1 Å². The van der Waals surface area contributed by atoms with Crippen LogP contribution in [0.25, 0.3) is 0 Å². The minimum absolute atomic E-state index is 0.0552. The highest BCUT2D eigenvalue weighted by Gasteiger charge is 2.23. The first kappa shape index (κ1) is 21.7. The number of hydrogen-bond acceptors (Lipinski definition) is 5. The lowest BCUT2D eigenvalue weighted by molar-refractivity contribution is 0.0789. The largest absolute Gasteiger partial charge is 0.486 e. The second kappa shape index (κ2) is 8.92. The number of sulfonamides is 1. The molecule has 1 heterocycles. The molecule has 2 N–H and O–H groups in total. The van der Waals surface area contributed by atoms with Crippen molar-refractivity contribution in [1.29, 1.82) is 0 Å². The van der Waals surface area contributed by atoms with Crippen molar-refractivity contribution in [3.63, 3.8) is 0 Å². The van der Waals surface area contributed by atoms with E-state index in [2.05, 4.69) is 10.0 Å². The molecule has 1 aliphatic rings. The molecule has 1 amide bonds. The van der Waals surface area contributed by atoms with E-state index < -0.39 is 10.0 Å². The summed E-state index contributed by atoms with van der Waals surface area (Å²) in [6.07, 6.45) is -0.342. The van der Waals surface area contributed by atoms with E-state index in [1.807, 2.05) is 43.3 Å². The van der Waals surface area contributed by atoms with E-state index in [-0.39, 0.29) is 29.0 Å². The first-order valence-corrected chi connectivity index (χ1v) is 11.7. The fraction of sp³-hybridized carbons (Fsp3) is 0.208. The molecule has 0 spiro atoms. The third kappa shape index (κ3) is 4.70. The Bertz CT molecular complexity index is 1260. The van der Waals surface area contributed by atoms with Crippen LogP contribution in [-0.4, -0.2) is 33.6 Å². The Morgan fingerprint density at radius 2 is 1.69 bits per heavy atom. The van der Waals surface area contributed by atoms with Gasteiger partial charge in [0.2, 0.25) is 0 Å². The van der Waals surface area contributed by atoms with Crippen LogP contribution in [0.5, 0.6) is 11.5 Å². The van der Waals surface area contributed by atoms with Crippen LogP contribution in [-0.2, 0) is 10.0 Å². The molecule has 0 unspecified atom stereocenters. The van der Waals surface area contributed by atoms with Gasteiger partial charge < -0.3 is 14.8 Å². The van der Waals surface area contributed by atoms with Gasteiger partial charge in [-0.2, -0.15) is 0 Å². The van der Waals surface area contributed by atoms with Gasteiger partial charge in [-0.3, -0.25) is 9.52 Å². The molecule has 1 aliphatic heterocycles. The topological polar surface area (TPSA) is 93.7 Å². The lowest BCUT2D eigenvalue weighted by atomic mass is 10.1. The summed E-state index contributed by atoms with van der Waals surface area (Å²) in [4.78, 5) is 12.8. The van der Waals surface area contributed by atoms with Crippen LogP contribution in [0, 0.1) is 13.8 Å². The Labute approximate surface area is 187 Å². The average molecular weight is 453 g/mol. The van der Waals surface area contributed by atoms with Crippen LogP contribution in [0.15, 0.2) is 71.6 Å². The zero-order valence-corrected chi connectivity index (χ0v) is 18.6. The van der Waals surface area contributed by atoms with Crippen LogP contribution in [0.2, 0.25) is 0 Å². The van der Waals surface area contributed by atoms with Crippen molar-refractivity contribution >= 4 is 21.6 Å². The standard InChI is InChI=1S/C24H24N2O5S/c1-16-7-3-4-8-20(16)26-32(28,29)23-13-18(12-11-17(23)2)24(27)25-14-19-15-30-21-9-5-6-10-22(21)31-19/h3-13,19,26H,14-15H2,1-2H3,(H,25,27)/t19-/m1/s1. The van der Waals surface area contributed by atoms with Gasteiger partial charge in [0.25, 0.3) is 15.9 Å². The number of carbonyl (C=O) groups excluding carboxylic acids is 1. The number of nitrogens with one attached hydrogen (secondary N) is 2.